The van der Waals surface area contributed by atoms with Crippen LogP contribution in [0.25, 0.3) is 11.4 Å². The van der Waals surface area contributed by atoms with Crippen LogP contribution in [0.15, 0.2) is 42.5 Å². The molecule has 1 saturated heterocycles. The largest absolute Gasteiger partial charge is 0.346 e. The second kappa shape index (κ2) is 8.14. The topological polar surface area (TPSA) is 99.2 Å². The van der Waals surface area contributed by atoms with Crippen molar-refractivity contribution in [2.75, 3.05) is 25.5 Å². The summed E-state index contributed by atoms with van der Waals surface area (Å²) < 4.78 is 28.8. The maximum Gasteiger partial charge on any atom is 0.257 e. The molecule has 1 atom stereocenters. The van der Waals surface area contributed by atoms with Gasteiger partial charge in [-0.3, -0.25) is 14.9 Å². The number of nitrogens with one attached hydrogen (secondary N) is 3. The molecule has 3 aromatic rings. The molecule has 3 heterocycles. The number of carbonyl (C=O) groups excluding carboxylic acids is 2. The highest BCUT2D eigenvalue weighted by Gasteiger charge is 2.39. The maximum absolute atomic E-state index is 14.4. The minimum absolute atomic E-state index is 0.0266. The predicted octanol–water partition coefficient (Wildman–Crippen LogP) is 2.69. The van der Waals surface area contributed by atoms with E-state index < -0.39 is 17.2 Å². The molecule has 8 nitrogen and oxygen atoms in total. The van der Waals surface area contributed by atoms with Crippen LogP contribution in [0.1, 0.15) is 28.5 Å². The van der Waals surface area contributed by atoms with Gasteiger partial charge in [-0.25, -0.2) is 18.7 Å². The molecular formula is C24H22F2N6O2. The van der Waals surface area contributed by atoms with E-state index in [4.69, 9.17) is 0 Å². The Balaban J connectivity index is 1.51. The Labute approximate surface area is 194 Å². The number of rotatable bonds is 4. The van der Waals surface area contributed by atoms with Crippen LogP contribution in [-0.4, -0.2) is 46.8 Å². The van der Waals surface area contributed by atoms with Gasteiger partial charge in [0.2, 0.25) is 5.91 Å². The summed E-state index contributed by atoms with van der Waals surface area (Å²) >= 11 is 0. The van der Waals surface area contributed by atoms with Crippen molar-refractivity contribution < 1.29 is 18.4 Å². The van der Waals surface area contributed by atoms with Crippen LogP contribution < -0.4 is 16.0 Å². The summed E-state index contributed by atoms with van der Waals surface area (Å²) in [5.74, 6) is -2.00. The molecule has 0 saturated carbocycles. The second-order valence-corrected chi connectivity index (χ2v) is 8.48. The minimum Gasteiger partial charge on any atom is -0.346 e. The number of carbonyl (C=O) groups is 2. The Morgan fingerprint density at radius 3 is 2.44 bits per heavy atom. The SMILES string of the molecule is CN1CCN[C@@](C)(c2ccc(Nc3nc(-c4c(F)cccc4F)nc4c3C(=O)NC4)cc2)C1=O. The lowest BCUT2D eigenvalue weighted by atomic mass is 9.88. The zero-order valence-corrected chi connectivity index (χ0v) is 18.6. The van der Waals surface area contributed by atoms with Crippen molar-refractivity contribution in [1.29, 1.82) is 0 Å². The average Bonchev–Trinajstić information content (AvgIpc) is 3.19. The Morgan fingerprint density at radius 1 is 1.03 bits per heavy atom. The van der Waals surface area contributed by atoms with E-state index >= 15 is 0 Å². The number of aromatic nitrogens is 2. The number of piperazine rings is 1. The molecule has 0 aliphatic carbocycles. The van der Waals surface area contributed by atoms with E-state index in [2.05, 4.69) is 25.9 Å². The molecule has 3 N–H and O–H groups in total. The Bertz CT molecular complexity index is 1290. The van der Waals surface area contributed by atoms with E-state index in [0.29, 0.717) is 24.5 Å². The summed E-state index contributed by atoms with van der Waals surface area (Å²) in [5.41, 5.74) is 0.740. The van der Waals surface area contributed by atoms with Gasteiger partial charge in [-0.2, -0.15) is 0 Å². The molecule has 0 unspecified atom stereocenters. The van der Waals surface area contributed by atoms with E-state index in [1.165, 1.54) is 6.07 Å². The number of likely N-dealkylation sites (N-methyl/N-ethyl adjacent to an activating group) is 1. The van der Waals surface area contributed by atoms with Crippen LogP contribution in [0.3, 0.4) is 0 Å². The molecule has 5 rings (SSSR count). The Hall–Kier alpha value is -3.92. The highest BCUT2D eigenvalue weighted by molar-refractivity contribution is 6.03. The number of amides is 2. The Morgan fingerprint density at radius 2 is 1.74 bits per heavy atom. The van der Waals surface area contributed by atoms with Gasteiger partial charge in [0.1, 0.15) is 28.6 Å². The van der Waals surface area contributed by atoms with Crippen molar-refractivity contribution in [3.8, 4) is 11.4 Å². The van der Waals surface area contributed by atoms with Gasteiger partial charge in [0.05, 0.1) is 17.8 Å². The normalized spacial score (nSPS) is 19.7. The van der Waals surface area contributed by atoms with Gasteiger partial charge in [0, 0.05) is 25.8 Å². The Kier molecular flexibility index (Phi) is 5.24. The molecule has 174 valence electrons. The van der Waals surface area contributed by atoms with Crippen molar-refractivity contribution >= 4 is 23.3 Å². The van der Waals surface area contributed by atoms with E-state index in [9.17, 15) is 18.4 Å². The van der Waals surface area contributed by atoms with E-state index in [1.807, 2.05) is 19.1 Å². The number of anilines is 2. The molecule has 2 aliphatic heterocycles. The highest BCUT2D eigenvalue weighted by atomic mass is 19.1. The molecule has 0 bridgehead atoms. The van der Waals surface area contributed by atoms with Crippen LogP contribution >= 0.6 is 0 Å². The highest BCUT2D eigenvalue weighted by Crippen LogP contribution is 2.31. The monoisotopic (exact) mass is 464 g/mol. The molecule has 1 aromatic heterocycles. The van der Waals surface area contributed by atoms with Gasteiger partial charge in [-0.05, 0) is 36.8 Å². The first-order valence-electron chi connectivity index (χ1n) is 10.8. The quantitative estimate of drug-likeness (QED) is 0.549. The fourth-order valence-corrected chi connectivity index (χ4v) is 4.32. The minimum atomic E-state index is -0.850. The third kappa shape index (κ3) is 3.56. The fourth-order valence-electron chi connectivity index (χ4n) is 4.32. The predicted molar refractivity (Wildman–Crippen MR) is 121 cm³/mol. The van der Waals surface area contributed by atoms with Gasteiger partial charge in [0.15, 0.2) is 5.82 Å². The maximum atomic E-state index is 14.4. The van der Waals surface area contributed by atoms with Crippen LogP contribution in [0.5, 0.6) is 0 Å². The summed E-state index contributed by atoms with van der Waals surface area (Å²) in [7, 11) is 1.77. The summed E-state index contributed by atoms with van der Waals surface area (Å²) in [5, 5.41) is 9.02. The molecule has 34 heavy (non-hydrogen) atoms. The molecular weight excluding hydrogens is 442 g/mol. The van der Waals surface area contributed by atoms with Crippen LogP contribution in [0.2, 0.25) is 0 Å². The lowest BCUT2D eigenvalue weighted by Crippen LogP contribution is -2.59. The van der Waals surface area contributed by atoms with Gasteiger partial charge in [-0.1, -0.05) is 18.2 Å². The summed E-state index contributed by atoms with van der Waals surface area (Å²) in [6.07, 6.45) is 0. The van der Waals surface area contributed by atoms with Crippen molar-refractivity contribution in [2.45, 2.75) is 19.0 Å². The number of nitrogens with zero attached hydrogens (tertiary/aromatic N) is 3. The average molecular weight is 464 g/mol. The number of fused-ring (bicyclic) bond motifs is 1. The van der Waals surface area contributed by atoms with Crippen molar-refractivity contribution in [3.05, 3.63) is 70.9 Å². The van der Waals surface area contributed by atoms with Crippen molar-refractivity contribution in [3.63, 3.8) is 0 Å². The molecule has 2 amide bonds. The first-order chi connectivity index (χ1) is 16.3. The van der Waals surface area contributed by atoms with E-state index in [-0.39, 0.29) is 41.1 Å². The molecule has 2 aromatic carbocycles. The lowest BCUT2D eigenvalue weighted by Gasteiger charge is -2.39. The number of hydrogen-bond donors (Lipinski definition) is 3. The van der Waals surface area contributed by atoms with Crippen LogP contribution in [0.4, 0.5) is 20.3 Å². The fraction of sp³-hybridized carbons (Fsp3) is 0.250. The molecule has 0 radical (unpaired) electrons. The second-order valence-electron chi connectivity index (χ2n) is 8.48. The number of hydrogen-bond acceptors (Lipinski definition) is 6. The van der Waals surface area contributed by atoms with Gasteiger partial charge >= 0.3 is 0 Å². The zero-order valence-electron chi connectivity index (χ0n) is 18.6. The van der Waals surface area contributed by atoms with Gasteiger partial charge < -0.3 is 15.5 Å². The van der Waals surface area contributed by atoms with Gasteiger partial charge in [-0.15, -0.1) is 0 Å². The summed E-state index contributed by atoms with van der Waals surface area (Å²) in [6.45, 7) is 3.29. The first kappa shape index (κ1) is 21.9. The molecule has 10 heteroatoms. The third-order valence-electron chi connectivity index (χ3n) is 6.24. The smallest absolute Gasteiger partial charge is 0.257 e. The summed E-state index contributed by atoms with van der Waals surface area (Å²) in [6, 6.07) is 10.7. The van der Waals surface area contributed by atoms with E-state index in [0.717, 1.165) is 17.7 Å². The number of halogens is 2. The standard InChI is InChI=1S/C24H22F2N6O2/c1-24(23(34)32(2)11-10-28-24)13-6-8-14(9-7-13)29-21-19-17(12-27-22(19)33)30-20(31-21)18-15(25)4-3-5-16(18)26/h3-9,28H,10-12H2,1-2H3,(H,27,33)(H,29,30,31)/t24-/m0/s1. The molecule has 0 spiro atoms. The first-order valence-corrected chi connectivity index (χ1v) is 10.8. The summed E-state index contributed by atoms with van der Waals surface area (Å²) in [4.78, 5) is 35.4. The van der Waals surface area contributed by atoms with Crippen molar-refractivity contribution in [2.24, 2.45) is 0 Å². The lowest BCUT2D eigenvalue weighted by molar-refractivity contribution is -0.139. The third-order valence-corrected chi connectivity index (χ3v) is 6.24. The van der Waals surface area contributed by atoms with Crippen molar-refractivity contribution in [1.82, 2.24) is 25.5 Å². The van der Waals surface area contributed by atoms with Gasteiger partial charge in [0.25, 0.3) is 5.91 Å². The zero-order chi connectivity index (χ0) is 24.0. The van der Waals surface area contributed by atoms with Crippen LogP contribution in [-0.2, 0) is 16.9 Å². The molecule has 2 aliphatic rings. The molecule has 1 fully saturated rings. The number of benzene rings is 2. The van der Waals surface area contributed by atoms with E-state index in [1.54, 1.807) is 24.1 Å². The van der Waals surface area contributed by atoms with Crippen LogP contribution in [0, 0.1) is 11.6 Å².